The predicted molar refractivity (Wildman–Crippen MR) is 74.7 cm³/mol. The largest absolute Gasteiger partial charge is 0.311 e. The SMILES string of the molecule is [C-]#[N+]C1(C)CCC(C(C)/C=C/C=C(C)C)CC1. The van der Waals surface area contributed by atoms with E-state index in [1.807, 2.05) is 0 Å². The lowest BCUT2D eigenvalue weighted by Gasteiger charge is -2.31. The van der Waals surface area contributed by atoms with Crippen LogP contribution < -0.4 is 0 Å². The van der Waals surface area contributed by atoms with Crippen LogP contribution in [-0.4, -0.2) is 5.54 Å². The Morgan fingerprint density at radius 1 is 1.35 bits per heavy atom. The first-order valence-electron chi connectivity index (χ1n) is 6.67. The lowest BCUT2D eigenvalue weighted by molar-refractivity contribution is 0.244. The van der Waals surface area contributed by atoms with Gasteiger partial charge in [-0.3, -0.25) is 0 Å². The summed E-state index contributed by atoms with van der Waals surface area (Å²) in [6.07, 6.45) is 11.2. The van der Waals surface area contributed by atoms with Crippen molar-refractivity contribution in [1.82, 2.24) is 0 Å². The summed E-state index contributed by atoms with van der Waals surface area (Å²) < 4.78 is 0. The third-order valence-electron chi connectivity index (χ3n) is 3.97. The van der Waals surface area contributed by atoms with Crippen molar-refractivity contribution in [3.63, 3.8) is 0 Å². The van der Waals surface area contributed by atoms with E-state index in [9.17, 15) is 0 Å². The third-order valence-corrected chi connectivity index (χ3v) is 3.97. The molecule has 0 amide bonds. The molecule has 1 atom stereocenters. The maximum atomic E-state index is 7.23. The van der Waals surface area contributed by atoms with E-state index in [0.717, 1.165) is 18.8 Å². The smallest absolute Gasteiger partial charge is 0.229 e. The molecule has 0 spiro atoms. The molecular formula is C16H25N. The lowest BCUT2D eigenvalue weighted by atomic mass is 9.73. The van der Waals surface area contributed by atoms with Crippen molar-refractivity contribution < 1.29 is 0 Å². The molecule has 94 valence electrons. The normalized spacial score (nSPS) is 30.9. The van der Waals surface area contributed by atoms with Gasteiger partial charge in [-0.25, -0.2) is 6.57 Å². The summed E-state index contributed by atoms with van der Waals surface area (Å²) in [6.45, 7) is 15.9. The van der Waals surface area contributed by atoms with E-state index in [0.29, 0.717) is 5.92 Å². The second kappa shape index (κ2) is 6.05. The summed E-state index contributed by atoms with van der Waals surface area (Å²) in [6, 6.07) is 0. The van der Waals surface area contributed by atoms with Gasteiger partial charge in [0.25, 0.3) is 0 Å². The average Bonchev–Trinajstić information content (AvgIpc) is 2.29. The quantitative estimate of drug-likeness (QED) is 0.475. The van der Waals surface area contributed by atoms with E-state index >= 15 is 0 Å². The van der Waals surface area contributed by atoms with Gasteiger partial charge in [-0.05, 0) is 38.5 Å². The fourth-order valence-corrected chi connectivity index (χ4v) is 2.48. The minimum absolute atomic E-state index is 0.0696. The Labute approximate surface area is 106 Å². The number of nitrogens with zero attached hydrogens (tertiary/aromatic N) is 1. The monoisotopic (exact) mass is 231 g/mol. The fraction of sp³-hybridized carbons (Fsp3) is 0.688. The zero-order chi connectivity index (χ0) is 12.9. The van der Waals surface area contributed by atoms with E-state index in [4.69, 9.17) is 6.57 Å². The van der Waals surface area contributed by atoms with Crippen LogP contribution in [0.2, 0.25) is 0 Å². The maximum Gasteiger partial charge on any atom is 0.229 e. The Morgan fingerprint density at radius 3 is 2.41 bits per heavy atom. The van der Waals surface area contributed by atoms with Gasteiger partial charge in [0.1, 0.15) is 0 Å². The molecule has 1 rings (SSSR count). The average molecular weight is 231 g/mol. The van der Waals surface area contributed by atoms with Crippen molar-refractivity contribution in [2.45, 2.75) is 58.9 Å². The zero-order valence-electron chi connectivity index (χ0n) is 11.7. The molecule has 1 fully saturated rings. The highest BCUT2D eigenvalue weighted by molar-refractivity contribution is 5.10. The Bertz CT molecular complexity index is 331. The van der Waals surface area contributed by atoms with Crippen LogP contribution in [0.25, 0.3) is 4.85 Å². The highest BCUT2D eigenvalue weighted by atomic mass is 14.8. The van der Waals surface area contributed by atoms with Crippen molar-refractivity contribution in [2.75, 3.05) is 0 Å². The second-order valence-electron chi connectivity index (χ2n) is 5.93. The topological polar surface area (TPSA) is 4.36 Å². The highest BCUT2D eigenvalue weighted by Gasteiger charge is 2.36. The number of rotatable bonds is 3. The summed E-state index contributed by atoms with van der Waals surface area (Å²) in [7, 11) is 0. The number of hydrogen-bond acceptors (Lipinski definition) is 0. The molecule has 0 aliphatic heterocycles. The Kier molecular flexibility index (Phi) is 5.00. The molecule has 1 aliphatic rings. The highest BCUT2D eigenvalue weighted by Crippen LogP contribution is 2.38. The van der Waals surface area contributed by atoms with E-state index < -0.39 is 0 Å². The van der Waals surface area contributed by atoms with Gasteiger partial charge in [0.15, 0.2) is 0 Å². The molecule has 1 heteroatoms. The van der Waals surface area contributed by atoms with Crippen LogP contribution in [0.4, 0.5) is 0 Å². The maximum absolute atomic E-state index is 7.23. The van der Waals surface area contributed by atoms with Gasteiger partial charge < -0.3 is 4.85 Å². The first-order valence-corrected chi connectivity index (χ1v) is 6.67. The van der Waals surface area contributed by atoms with Gasteiger partial charge in [-0.2, -0.15) is 0 Å². The molecule has 0 heterocycles. The predicted octanol–water partition coefficient (Wildman–Crippen LogP) is 5.01. The standard InChI is InChI=1S/C16H25N/c1-13(2)7-6-8-14(3)15-9-11-16(4,17-5)12-10-15/h6-8,14-15H,9-12H2,1-4H3/b8-6+. The molecular weight excluding hydrogens is 206 g/mol. The van der Waals surface area contributed by atoms with E-state index in [-0.39, 0.29) is 5.54 Å². The van der Waals surface area contributed by atoms with Crippen molar-refractivity contribution >= 4 is 0 Å². The summed E-state index contributed by atoms with van der Waals surface area (Å²) in [5.74, 6) is 1.41. The molecule has 1 unspecified atom stereocenters. The molecule has 0 aromatic heterocycles. The summed E-state index contributed by atoms with van der Waals surface area (Å²) in [4.78, 5) is 3.78. The van der Waals surface area contributed by atoms with Crippen molar-refractivity contribution in [3.05, 3.63) is 35.2 Å². The van der Waals surface area contributed by atoms with Crippen LogP contribution in [0.3, 0.4) is 0 Å². The van der Waals surface area contributed by atoms with Gasteiger partial charge in [0, 0.05) is 19.8 Å². The van der Waals surface area contributed by atoms with Crippen molar-refractivity contribution in [2.24, 2.45) is 11.8 Å². The third kappa shape index (κ3) is 4.38. The summed E-state index contributed by atoms with van der Waals surface area (Å²) >= 11 is 0. The lowest BCUT2D eigenvalue weighted by Crippen LogP contribution is -2.29. The van der Waals surface area contributed by atoms with Crippen LogP contribution in [0.5, 0.6) is 0 Å². The van der Waals surface area contributed by atoms with Gasteiger partial charge in [0.05, 0.1) is 0 Å². The van der Waals surface area contributed by atoms with Crippen LogP contribution in [0.1, 0.15) is 53.4 Å². The number of hydrogen-bond donors (Lipinski definition) is 0. The molecule has 1 nitrogen and oxygen atoms in total. The van der Waals surface area contributed by atoms with Crippen LogP contribution in [0.15, 0.2) is 23.8 Å². The van der Waals surface area contributed by atoms with Gasteiger partial charge in [-0.15, -0.1) is 0 Å². The summed E-state index contributed by atoms with van der Waals surface area (Å²) in [5, 5.41) is 0. The molecule has 1 saturated carbocycles. The number of allylic oxidation sites excluding steroid dienone is 4. The molecule has 0 radical (unpaired) electrons. The Balaban J connectivity index is 2.47. The van der Waals surface area contributed by atoms with Crippen molar-refractivity contribution in [1.29, 1.82) is 0 Å². The molecule has 0 saturated heterocycles. The first-order chi connectivity index (χ1) is 7.97. The molecule has 0 aromatic rings. The minimum atomic E-state index is -0.0696. The van der Waals surface area contributed by atoms with Crippen LogP contribution >= 0.6 is 0 Å². The second-order valence-corrected chi connectivity index (χ2v) is 5.93. The molecule has 0 N–H and O–H groups in total. The fourth-order valence-electron chi connectivity index (χ4n) is 2.48. The Morgan fingerprint density at radius 2 is 1.94 bits per heavy atom. The summed E-state index contributed by atoms with van der Waals surface area (Å²) in [5.41, 5.74) is 1.28. The molecule has 17 heavy (non-hydrogen) atoms. The van der Waals surface area contributed by atoms with E-state index in [1.165, 1.54) is 18.4 Å². The zero-order valence-corrected chi connectivity index (χ0v) is 11.7. The minimum Gasteiger partial charge on any atom is -0.311 e. The van der Waals surface area contributed by atoms with Gasteiger partial charge in [0.2, 0.25) is 5.54 Å². The molecule has 1 aliphatic carbocycles. The van der Waals surface area contributed by atoms with Gasteiger partial charge >= 0.3 is 0 Å². The van der Waals surface area contributed by atoms with Gasteiger partial charge in [-0.1, -0.05) is 30.7 Å². The van der Waals surface area contributed by atoms with Crippen molar-refractivity contribution in [3.8, 4) is 0 Å². The van der Waals surface area contributed by atoms with Crippen LogP contribution in [-0.2, 0) is 0 Å². The first kappa shape index (κ1) is 14.0. The van der Waals surface area contributed by atoms with E-state index in [1.54, 1.807) is 0 Å². The van der Waals surface area contributed by atoms with Crippen LogP contribution in [0, 0.1) is 18.4 Å². The Hall–Kier alpha value is -1.03. The molecule has 0 aromatic carbocycles. The van der Waals surface area contributed by atoms with E-state index in [2.05, 4.69) is 50.8 Å². The molecule has 0 bridgehead atoms.